The van der Waals surface area contributed by atoms with Crippen LogP contribution in [0.2, 0.25) is 0 Å². The first-order chi connectivity index (χ1) is 10.7. The molecule has 0 saturated carbocycles. The molecule has 0 aliphatic rings. The predicted octanol–water partition coefficient (Wildman–Crippen LogP) is 3.80. The number of carbonyl (C=O) groups is 1. The summed E-state index contributed by atoms with van der Waals surface area (Å²) in [6.45, 7) is 8.20. The number of halogens is 1. The van der Waals surface area contributed by atoms with E-state index in [4.69, 9.17) is 17.0 Å². The highest BCUT2D eigenvalue weighted by atomic mass is 79.9. The van der Waals surface area contributed by atoms with E-state index >= 15 is 0 Å². The van der Waals surface area contributed by atoms with Gasteiger partial charge in [0.15, 0.2) is 0 Å². The summed E-state index contributed by atoms with van der Waals surface area (Å²) < 4.78 is 6.28. The molecule has 0 aliphatic heterocycles. The van der Waals surface area contributed by atoms with Crippen LogP contribution in [0, 0.1) is 0 Å². The summed E-state index contributed by atoms with van der Waals surface area (Å²) in [5, 5.41) is 12.3. The van der Waals surface area contributed by atoms with Crippen LogP contribution < -0.4 is 5.32 Å². The molecule has 6 heteroatoms. The van der Waals surface area contributed by atoms with Crippen LogP contribution in [0.1, 0.15) is 40.5 Å². The van der Waals surface area contributed by atoms with Crippen molar-refractivity contribution >= 4 is 39.1 Å². The third-order valence-corrected chi connectivity index (χ3v) is 3.25. The van der Waals surface area contributed by atoms with E-state index in [1.165, 1.54) is 6.08 Å². The first-order valence-electron chi connectivity index (χ1n) is 7.57. The van der Waals surface area contributed by atoms with Gasteiger partial charge >= 0.3 is 5.97 Å². The molecule has 0 fully saturated rings. The fourth-order valence-electron chi connectivity index (χ4n) is 1.86. The molecule has 130 valence electrons. The zero-order valence-electron chi connectivity index (χ0n) is 14.1. The maximum absolute atomic E-state index is 11.9. The van der Waals surface area contributed by atoms with Crippen molar-refractivity contribution in [3.8, 4) is 0 Å². The maximum atomic E-state index is 11.9. The van der Waals surface area contributed by atoms with Crippen LogP contribution in [0.5, 0.6) is 0 Å². The minimum Gasteiger partial charge on any atom is -0.454 e. The Morgan fingerprint density at radius 1 is 1.39 bits per heavy atom. The number of hydrogen-bond donors (Lipinski definition) is 2. The molecule has 0 aromatic heterocycles. The minimum absolute atomic E-state index is 0.393. The molecule has 4 nitrogen and oxygen atoms in total. The number of rotatable bonds is 9. The first kappa shape index (κ1) is 22.0. The topological polar surface area (TPSA) is 58.6 Å². The number of thiocarbonyl (C=S) groups is 1. The second-order valence-corrected chi connectivity index (χ2v) is 7.06. The van der Waals surface area contributed by atoms with E-state index in [2.05, 4.69) is 21.2 Å². The van der Waals surface area contributed by atoms with Crippen LogP contribution in [0.15, 0.2) is 34.4 Å². The van der Waals surface area contributed by atoms with Gasteiger partial charge in [0.05, 0.1) is 11.1 Å². The molecule has 2 N–H and O–H groups in total. The Morgan fingerprint density at radius 2 is 2.04 bits per heavy atom. The average Bonchev–Trinajstić information content (AvgIpc) is 2.36. The molecule has 0 saturated heterocycles. The van der Waals surface area contributed by atoms with Crippen LogP contribution in [-0.4, -0.2) is 34.8 Å². The molecule has 0 aromatic carbocycles. The molecule has 0 heterocycles. The number of hydrogen-bond acceptors (Lipinski definition) is 4. The Labute approximate surface area is 152 Å². The van der Waals surface area contributed by atoms with Gasteiger partial charge in [0.1, 0.15) is 6.10 Å². The fourth-order valence-corrected chi connectivity index (χ4v) is 2.46. The number of nitrogens with one attached hydrogen (secondary N) is 1. The highest BCUT2D eigenvalue weighted by Gasteiger charge is 2.12. The van der Waals surface area contributed by atoms with Crippen LogP contribution in [0.25, 0.3) is 0 Å². The van der Waals surface area contributed by atoms with Crippen molar-refractivity contribution in [2.24, 2.45) is 0 Å². The van der Waals surface area contributed by atoms with E-state index in [1.807, 2.05) is 26.8 Å². The summed E-state index contributed by atoms with van der Waals surface area (Å²) in [4.78, 5) is 12.5. The second-order valence-electron chi connectivity index (χ2n) is 5.31. The van der Waals surface area contributed by atoms with Crippen molar-refractivity contribution in [2.45, 2.75) is 52.7 Å². The van der Waals surface area contributed by atoms with Gasteiger partial charge in [0.2, 0.25) is 0 Å². The standard InChI is InChI=1S/C17H26BrNO3S/c1-5-19-16(23)11-15(10-13(3)18)22-17(21)8-6-7-12(2)9-14(4)20/h6-8,10,14-15,20H,5,9,11H2,1-4H3,(H,19,23)/b8-6-,12-7+,13-10+/t14-,15+/m0/s1. The van der Waals surface area contributed by atoms with Crippen molar-refractivity contribution in [3.05, 3.63) is 34.4 Å². The molecule has 0 radical (unpaired) electrons. The van der Waals surface area contributed by atoms with Gasteiger partial charge in [0, 0.05) is 19.0 Å². The van der Waals surface area contributed by atoms with E-state index in [0.717, 1.165) is 16.6 Å². The normalized spacial score (nSPS) is 15.4. The number of allylic oxidation sites excluding steroid dienone is 3. The molecular weight excluding hydrogens is 378 g/mol. The zero-order valence-corrected chi connectivity index (χ0v) is 16.5. The Kier molecular flexibility index (Phi) is 11.9. The number of ether oxygens (including phenoxy) is 1. The van der Waals surface area contributed by atoms with Crippen molar-refractivity contribution < 1.29 is 14.6 Å². The molecule has 0 aliphatic carbocycles. The molecule has 23 heavy (non-hydrogen) atoms. The van der Waals surface area contributed by atoms with Gasteiger partial charge in [-0.3, -0.25) is 0 Å². The van der Waals surface area contributed by atoms with Gasteiger partial charge in [-0.2, -0.15) is 0 Å². The summed E-state index contributed by atoms with van der Waals surface area (Å²) in [6.07, 6.45) is 6.81. The fraction of sp³-hybridized carbons (Fsp3) is 0.529. The lowest BCUT2D eigenvalue weighted by molar-refractivity contribution is -0.140. The lowest BCUT2D eigenvalue weighted by Gasteiger charge is -2.15. The van der Waals surface area contributed by atoms with Crippen LogP contribution >= 0.6 is 28.1 Å². The van der Waals surface area contributed by atoms with E-state index in [1.54, 1.807) is 19.1 Å². The quantitative estimate of drug-likeness (QED) is 0.265. The van der Waals surface area contributed by atoms with Gasteiger partial charge in [-0.15, -0.1) is 0 Å². The molecule has 0 amide bonds. The molecule has 2 atom stereocenters. The molecule has 0 aromatic rings. The zero-order chi connectivity index (χ0) is 17.8. The predicted molar refractivity (Wildman–Crippen MR) is 103 cm³/mol. The summed E-state index contributed by atoms with van der Waals surface area (Å²) >= 11 is 8.54. The summed E-state index contributed by atoms with van der Waals surface area (Å²) in [6, 6.07) is 0. The maximum Gasteiger partial charge on any atom is 0.331 e. The van der Waals surface area contributed by atoms with E-state index in [0.29, 0.717) is 17.8 Å². The average molecular weight is 404 g/mol. The van der Waals surface area contributed by atoms with Crippen molar-refractivity contribution in [1.29, 1.82) is 0 Å². The summed E-state index contributed by atoms with van der Waals surface area (Å²) in [7, 11) is 0. The van der Waals surface area contributed by atoms with Gasteiger partial charge in [-0.1, -0.05) is 45.9 Å². The number of carbonyl (C=O) groups excluding carboxylic acids is 1. The Hall–Kier alpha value is -0.980. The van der Waals surface area contributed by atoms with Crippen molar-refractivity contribution in [1.82, 2.24) is 5.32 Å². The first-order valence-corrected chi connectivity index (χ1v) is 8.77. The molecular formula is C17H26BrNO3S. The second kappa shape index (κ2) is 12.4. The Bertz CT molecular complexity index is 480. The Morgan fingerprint density at radius 3 is 2.57 bits per heavy atom. The summed E-state index contributed by atoms with van der Waals surface area (Å²) in [5.74, 6) is -0.430. The minimum atomic E-state index is -0.430. The van der Waals surface area contributed by atoms with Gasteiger partial charge in [-0.05, 0) is 44.7 Å². The van der Waals surface area contributed by atoms with E-state index < -0.39 is 18.2 Å². The van der Waals surface area contributed by atoms with Crippen LogP contribution in [-0.2, 0) is 9.53 Å². The van der Waals surface area contributed by atoms with Crippen LogP contribution in [0.4, 0.5) is 0 Å². The molecule has 0 unspecified atom stereocenters. The SMILES string of the molecule is CCNC(=S)C[C@@H](/C=C(\C)Br)OC(=O)/C=C\C=C(/C)C[C@H](C)O. The number of aliphatic hydroxyl groups is 1. The van der Waals surface area contributed by atoms with Gasteiger partial charge in [-0.25, -0.2) is 4.79 Å². The third kappa shape index (κ3) is 13.2. The molecule has 0 spiro atoms. The van der Waals surface area contributed by atoms with E-state index in [9.17, 15) is 9.90 Å². The molecule has 0 rings (SSSR count). The highest BCUT2D eigenvalue weighted by molar-refractivity contribution is 9.11. The smallest absolute Gasteiger partial charge is 0.331 e. The van der Waals surface area contributed by atoms with Gasteiger partial charge in [0.25, 0.3) is 0 Å². The third-order valence-electron chi connectivity index (χ3n) is 2.67. The highest BCUT2D eigenvalue weighted by Crippen LogP contribution is 2.11. The lowest BCUT2D eigenvalue weighted by Crippen LogP contribution is -2.27. The van der Waals surface area contributed by atoms with Crippen molar-refractivity contribution in [3.63, 3.8) is 0 Å². The lowest BCUT2D eigenvalue weighted by atomic mass is 10.1. The Balaban J connectivity index is 4.65. The van der Waals surface area contributed by atoms with Crippen LogP contribution in [0.3, 0.4) is 0 Å². The number of esters is 1. The number of aliphatic hydroxyl groups excluding tert-OH is 1. The van der Waals surface area contributed by atoms with E-state index in [-0.39, 0.29) is 0 Å². The van der Waals surface area contributed by atoms with Crippen molar-refractivity contribution in [2.75, 3.05) is 6.54 Å². The largest absolute Gasteiger partial charge is 0.454 e. The van der Waals surface area contributed by atoms with Gasteiger partial charge < -0.3 is 15.2 Å². The molecule has 0 bridgehead atoms. The summed E-state index contributed by atoms with van der Waals surface area (Å²) in [5.41, 5.74) is 0.991. The monoisotopic (exact) mass is 403 g/mol.